The molecule has 0 saturated carbocycles. The standard InChI is InChI=1S/C15H23FN2O2/c1-10(2)11(3)20-8-4-5-15(19)18-12-6-7-13(16)14(17)9-12/h6-7,9-11H,4-5,8,17H2,1-3H3,(H,18,19). The van der Waals surface area contributed by atoms with Crippen molar-refractivity contribution >= 4 is 17.3 Å². The van der Waals surface area contributed by atoms with Gasteiger partial charge in [0.05, 0.1) is 11.8 Å². The van der Waals surface area contributed by atoms with Crippen LogP contribution in [0.5, 0.6) is 0 Å². The fourth-order valence-electron chi connectivity index (χ4n) is 1.54. The van der Waals surface area contributed by atoms with E-state index in [9.17, 15) is 9.18 Å². The van der Waals surface area contributed by atoms with Crippen LogP contribution in [0.4, 0.5) is 15.8 Å². The molecular weight excluding hydrogens is 259 g/mol. The van der Waals surface area contributed by atoms with E-state index in [2.05, 4.69) is 19.2 Å². The van der Waals surface area contributed by atoms with Crippen molar-refractivity contribution in [3.8, 4) is 0 Å². The van der Waals surface area contributed by atoms with E-state index < -0.39 is 5.82 Å². The Kier molecular flexibility index (Phi) is 6.45. The van der Waals surface area contributed by atoms with Crippen LogP contribution < -0.4 is 11.1 Å². The average Bonchev–Trinajstić information content (AvgIpc) is 2.38. The third-order valence-corrected chi connectivity index (χ3v) is 3.15. The Hall–Kier alpha value is -1.62. The molecule has 1 rings (SSSR count). The Bertz CT molecular complexity index is 449. The molecule has 5 heteroatoms. The fraction of sp³-hybridized carbons (Fsp3) is 0.533. The molecule has 0 aliphatic carbocycles. The van der Waals surface area contributed by atoms with Crippen molar-refractivity contribution in [3.05, 3.63) is 24.0 Å². The van der Waals surface area contributed by atoms with Crippen LogP contribution in [-0.2, 0) is 9.53 Å². The number of ether oxygens (including phenoxy) is 1. The largest absolute Gasteiger partial charge is 0.396 e. The molecule has 0 aliphatic rings. The molecule has 3 N–H and O–H groups in total. The van der Waals surface area contributed by atoms with Crippen molar-refractivity contribution in [2.75, 3.05) is 17.7 Å². The molecular formula is C15H23FN2O2. The zero-order valence-corrected chi connectivity index (χ0v) is 12.3. The lowest BCUT2D eigenvalue weighted by molar-refractivity contribution is -0.116. The predicted octanol–water partition coefficient (Wildman–Crippen LogP) is 3.19. The SMILES string of the molecule is CC(C)C(C)OCCCC(=O)Nc1ccc(F)c(N)c1. The lowest BCUT2D eigenvalue weighted by Crippen LogP contribution is -2.17. The lowest BCUT2D eigenvalue weighted by Gasteiger charge is -2.16. The second-order valence-electron chi connectivity index (χ2n) is 5.21. The van der Waals surface area contributed by atoms with Gasteiger partial charge in [-0.3, -0.25) is 4.79 Å². The molecule has 0 fully saturated rings. The maximum atomic E-state index is 13.0. The first kappa shape index (κ1) is 16.4. The van der Waals surface area contributed by atoms with Crippen LogP contribution in [0, 0.1) is 11.7 Å². The van der Waals surface area contributed by atoms with E-state index in [1.54, 1.807) is 0 Å². The number of amides is 1. The molecule has 4 nitrogen and oxygen atoms in total. The smallest absolute Gasteiger partial charge is 0.224 e. The number of carbonyl (C=O) groups is 1. The van der Waals surface area contributed by atoms with Gasteiger partial charge in [-0.1, -0.05) is 13.8 Å². The highest BCUT2D eigenvalue weighted by atomic mass is 19.1. The molecule has 1 atom stereocenters. The van der Waals surface area contributed by atoms with Crippen molar-refractivity contribution in [2.24, 2.45) is 5.92 Å². The summed E-state index contributed by atoms with van der Waals surface area (Å²) in [5.74, 6) is -0.151. The first-order chi connectivity index (χ1) is 9.40. The molecule has 1 aromatic rings. The Morgan fingerprint density at radius 1 is 1.40 bits per heavy atom. The second kappa shape index (κ2) is 7.85. The molecule has 0 spiro atoms. The highest BCUT2D eigenvalue weighted by Crippen LogP contribution is 2.16. The molecule has 0 aliphatic heterocycles. The van der Waals surface area contributed by atoms with E-state index in [1.807, 2.05) is 6.92 Å². The quantitative estimate of drug-likeness (QED) is 0.596. The summed E-state index contributed by atoms with van der Waals surface area (Å²) in [5.41, 5.74) is 5.96. The van der Waals surface area contributed by atoms with Crippen LogP contribution in [0.15, 0.2) is 18.2 Å². The van der Waals surface area contributed by atoms with Gasteiger partial charge in [-0.05, 0) is 37.5 Å². The van der Waals surface area contributed by atoms with E-state index in [-0.39, 0.29) is 17.7 Å². The number of hydrogen-bond donors (Lipinski definition) is 2. The van der Waals surface area contributed by atoms with Crippen LogP contribution >= 0.6 is 0 Å². The number of nitrogens with one attached hydrogen (secondary N) is 1. The highest BCUT2D eigenvalue weighted by Gasteiger charge is 2.08. The number of halogens is 1. The van der Waals surface area contributed by atoms with Gasteiger partial charge in [-0.2, -0.15) is 0 Å². The summed E-state index contributed by atoms with van der Waals surface area (Å²) >= 11 is 0. The topological polar surface area (TPSA) is 64.3 Å². The Labute approximate surface area is 119 Å². The third-order valence-electron chi connectivity index (χ3n) is 3.15. The van der Waals surface area contributed by atoms with Crippen molar-refractivity contribution in [3.63, 3.8) is 0 Å². The van der Waals surface area contributed by atoms with E-state index in [1.165, 1.54) is 18.2 Å². The molecule has 20 heavy (non-hydrogen) atoms. The van der Waals surface area contributed by atoms with Crippen molar-refractivity contribution in [2.45, 2.75) is 39.7 Å². The lowest BCUT2D eigenvalue weighted by atomic mass is 10.1. The van der Waals surface area contributed by atoms with Crippen molar-refractivity contribution in [1.29, 1.82) is 0 Å². The summed E-state index contributed by atoms with van der Waals surface area (Å²) in [5, 5.41) is 2.68. The molecule has 112 valence electrons. The number of carbonyl (C=O) groups excluding carboxylic acids is 1. The summed E-state index contributed by atoms with van der Waals surface area (Å²) in [6, 6.07) is 4.13. The minimum Gasteiger partial charge on any atom is -0.396 e. The zero-order chi connectivity index (χ0) is 15.1. The van der Waals surface area contributed by atoms with Gasteiger partial charge in [0.1, 0.15) is 5.82 Å². The van der Waals surface area contributed by atoms with Gasteiger partial charge in [-0.15, -0.1) is 0 Å². The van der Waals surface area contributed by atoms with Crippen LogP contribution in [-0.4, -0.2) is 18.6 Å². The van der Waals surface area contributed by atoms with E-state index in [4.69, 9.17) is 10.5 Å². The molecule has 0 radical (unpaired) electrons. The van der Waals surface area contributed by atoms with Gasteiger partial charge in [-0.25, -0.2) is 4.39 Å². The predicted molar refractivity (Wildman–Crippen MR) is 78.9 cm³/mol. The minimum atomic E-state index is -0.487. The molecule has 0 saturated heterocycles. The van der Waals surface area contributed by atoms with Crippen molar-refractivity contribution < 1.29 is 13.9 Å². The maximum Gasteiger partial charge on any atom is 0.224 e. The van der Waals surface area contributed by atoms with Gasteiger partial charge < -0.3 is 15.8 Å². The number of nitrogen functional groups attached to an aromatic ring is 1. The summed E-state index contributed by atoms with van der Waals surface area (Å²) in [6.07, 6.45) is 1.21. The Balaban J connectivity index is 2.28. The summed E-state index contributed by atoms with van der Waals surface area (Å²) in [7, 11) is 0. The van der Waals surface area contributed by atoms with Crippen LogP contribution in [0.2, 0.25) is 0 Å². The number of hydrogen-bond acceptors (Lipinski definition) is 3. The van der Waals surface area contributed by atoms with Crippen LogP contribution in [0.3, 0.4) is 0 Å². The normalized spacial score (nSPS) is 12.4. The van der Waals surface area contributed by atoms with Gasteiger partial charge in [0.15, 0.2) is 0 Å². The molecule has 1 amide bonds. The second-order valence-corrected chi connectivity index (χ2v) is 5.21. The van der Waals surface area contributed by atoms with Gasteiger partial charge in [0.2, 0.25) is 5.91 Å². The van der Waals surface area contributed by atoms with Crippen LogP contribution in [0.25, 0.3) is 0 Å². The average molecular weight is 282 g/mol. The highest BCUT2D eigenvalue weighted by molar-refractivity contribution is 5.91. The van der Waals surface area contributed by atoms with Gasteiger partial charge in [0.25, 0.3) is 0 Å². The van der Waals surface area contributed by atoms with E-state index in [0.29, 0.717) is 31.1 Å². The third kappa shape index (κ3) is 5.57. The number of rotatable bonds is 7. The molecule has 0 aromatic heterocycles. The maximum absolute atomic E-state index is 13.0. The molecule has 1 aromatic carbocycles. The Morgan fingerprint density at radius 2 is 2.10 bits per heavy atom. The van der Waals surface area contributed by atoms with Gasteiger partial charge in [0, 0.05) is 18.7 Å². The minimum absolute atomic E-state index is 0.0249. The zero-order valence-electron chi connectivity index (χ0n) is 12.3. The monoisotopic (exact) mass is 282 g/mol. The summed E-state index contributed by atoms with van der Waals surface area (Å²) in [4.78, 5) is 11.7. The van der Waals surface area contributed by atoms with Gasteiger partial charge >= 0.3 is 0 Å². The van der Waals surface area contributed by atoms with Crippen molar-refractivity contribution in [1.82, 2.24) is 0 Å². The van der Waals surface area contributed by atoms with E-state index >= 15 is 0 Å². The number of anilines is 2. The van der Waals surface area contributed by atoms with Crippen LogP contribution in [0.1, 0.15) is 33.6 Å². The summed E-state index contributed by atoms with van der Waals surface area (Å²) < 4.78 is 18.6. The first-order valence-corrected chi connectivity index (χ1v) is 6.86. The Morgan fingerprint density at radius 3 is 2.70 bits per heavy atom. The number of nitrogens with two attached hydrogens (primary N) is 1. The molecule has 0 heterocycles. The number of benzene rings is 1. The van der Waals surface area contributed by atoms with E-state index in [0.717, 1.165) is 0 Å². The molecule has 1 unspecified atom stereocenters. The first-order valence-electron chi connectivity index (χ1n) is 6.86. The summed E-state index contributed by atoms with van der Waals surface area (Å²) in [6.45, 7) is 6.76. The molecule has 0 bridgehead atoms. The fourth-order valence-corrected chi connectivity index (χ4v) is 1.54.